The molecule has 0 bridgehead atoms. The summed E-state index contributed by atoms with van der Waals surface area (Å²) >= 11 is 0. The highest BCUT2D eigenvalue weighted by atomic mass is 16.5. The van der Waals surface area contributed by atoms with Crippen LogP contribution in [0.15, 0.2) is 64.5 Å². The first-order valence-electron chi connectivity index (χ1n) is 9.43. The number of benzene rings is 2. The number of carbonyl (C=O) groups excluding carboxylic acids is 1. The summed E-state index contributed by atoms with van der Waals surface area (Å²) in [6, 6.07) is 16.0. The van der Waals surface area contributed by atoms with E-state index in [2.05, 4.69) is 15.6 Å². The lowest BCUT2D eigenvalue weighted by molar-refractivity contribution is 0.0955. The summed E-state index contributed by atoms with van der Waals surface area (Å²) in [5.41, 5.74) is 5.21. The van der Waals surface area contributed by atoms with Crippen molar-refractivity contribution < 1.29 is 9.53 Å². The summed E-state index contributed by atoms with van der Waals surface area (Å²) in [5, 5.41) is 7.35. The van der Waals surface area contributed by atoms with Gasteiger partial charge in [0, 0.05) is 11.3 Å². The molecule has 3 aromatic rings. The third kappa shape index (κ3) is 4.45. The number of nitrogens with zero attached hydrogens (tertiary/aromatic N) is 2. The first kappa shape index (κ1) is 20.1. The number of hydrogen-bond acceptors (Lipinski definition) is 4. The highest BCUT2D eigenvalue weighted by Gasteiger charge is 2.18. The minimum absolute atomic E-state index is 0.214. The lowest BCUT2D eigenvalue weighted by atomic mass is 10.1. The van der Waals surface area contributed by atoms with Gasteiger partial charge in [-0.2, -0.15) is 5.10 Å². The zero-order valence-corrected chi connectivity index (χ0v) is 16.7. The van der Waals surface area contributed by atoms with E-state index in [1.165, 1.54) is 4.68 Å². The van der Waals surface area contributed by atoms with E-state index >= 15 is 0 Å². The monoisotopic (exact) mass is 392 g/mol. The first-order chi connectivity index (χ1) is 14.0. The van der Waals surface area contributed by atoms with Crippen LogP contribution in [-0.4, -0.2) is 28.5 Å². The van der Waals surface area contributed by atoms with Gasteiger partial charge in [0.05, 0.1) is 24.1 Å². The Labute approximate surface area is 169 Å². The van der Waals surface area contributed by atoms with Gasteiger partial charge in [0.2, 0.25) is 0 Å². The Morgan fingerprint density at radius 3 is 2.45 bits per heavy atom. The summed E-state index contributed by atoms with van der Waals surface area (Å²) < 4.78 is 6.66. The standard InChI is InChI=1S/C22H24N4O3/c1-4-8-19-20(15(2)23-24-21(27)16-9-6-5-7-10-16)22(28)26(25-19)17-11-13-18(29-3)14-12-17/h5-7,9-14,25H,4,8H2,1-3H3,(H,24,27)/b23-15+. The quantitative estimate of drug-likeness (QED) is 0.478. The summed E-state index contributed by atoms with van der Waals surface area (Å²) in [6.07, 6.45) is 1.55. The normalized spacial score (nSPS) is 11.3. The molecule has 0 saturated heterocycles. The van der Waals surface area contributed by atoms with Crippen LogP contribution in [0.4, 0.5) is 0 Å². The molecule has 7 heteroatoms. The van der Waals surface area contributed by atoms with Crippen LogP contribution >= 0.6 is 0 Å². The zero-order valence-electron chi connectivity index (χ0n) is 16.7. The predicted molar refractivity (Wildman–Crippen MR) is 113 cm³/mol. The van der Waals surface area contributed by atoms with Crippen molar-refractivity contribution in [3.05, 3.63) is 81.8 Å². The van der Waals surface area contributed by atoms with Crippen molar-refractivity contribution in [2.24, 2.45) is 5.10 Å². The SMILES string of the molecule is CCCc1[nH]n(-c2ccc(OC)cc2)c(=O)c1/C(C)=N/NC(=O)c1ccccc1. The lowest BCUT2D eigenvalue weighted by Crippen LogP contribution is -2.23. The molecule has 150 valence electrons. The van der Waals surface area contributed by atoms with E-state index in [1.54, 1.807) is 62.6 Å². The highest BCUT2D eigenvalue weighted by Crippen LogP contribution is 2.15. The highest BCUT2D eigenvalue weighted by molar-refractivity contribution is 6.01. The molecular formula is C22H24N4O3. The van der Waals surface area contributed by atoms with Gasteiger partial charge in [-0.1, -0.05) is 31.5 Å². The topological polar surface area (TPSA) is 88.5 Å². The van der Waals surface area contributed by atoms with Crippen molar-refractivity contribution >= 4 is 11.6 Å². The molecule has 0 fully saturated rings. The van der Waals surface area contributed by atoms with Crippen molar-refractivity contribution in [1.82, 2.24) is 15.2 Å². The molecule has 0 saturated carbocycles. The average molecular weight is 392 g/mol. The molecule has 3 rings (SSSR count). The lowest BCUT2D eigenvalue weighted by Gasteiger charge is -2.03. The molecule has 0 unspecified atom stereocenters. The number of rotatable bonds is 7. The maximum absolute atomic E-state index is 13.1. The van der Waals surface area contributed by atoms with Gasteiger partial charge < -0.3 is 4.74 Å². The number of aryl methyl sites for hydroxylation is 1. The Morgan fingerprint density at radius 1 is 1.14 bits per heavy atom. The van der Waals surface area contributed by atoms with Crippen LogP contribution in [0.1, 0.15) is 41.9 Å². The number of carbonyl (C=O) groups is 1. The number of hydrogen-bond donors (Lipinski definition) is 2. The molecule has 0 aliphatic rings. The van der Waals surface area contributed by atoms with Gasteiger partial charge in [0.15, 0.2) is 0 Å². The first-order valence-corrected chi connectivity index (χ1v) is 9.43. The maximum Gasteiger partial charge on any atom is 0.280 e. The van der Waals surface area contributed by atoms with Crippen molar-refractivity contribution in [3.63, 3.8) is 0 Å². The molecule has 1 heterocycles. The van der Waals surface area contributed by atoms with Crippen molar-refractivity contribution in [3.8, 4) is 11.4 Å². The van der Waals surface area contributed by atoms with E-state index in [9.17, 15) is 9.59 Å². The molecule has 0 aliphatic carbocycles. The fourth-order valence-corrected chi connectivity index (χ4v) is 3.04. The van der Waals surface area contributed by atoms with Crippen LogP contribution < -0.4 is 15.7 Å². The minimum Gasteiger partial charge on any atom is -0.497 e. The molecule has 0 radical (unpaired) electrons. The average Bonchev–Trinajstić information content (AvgIpc) is 3.08. The van der Waals surface area contributed by atoms with Gasteiger partial charge in [-0.05, 0) is 49.7 Å². The molecule has 1 amide bonds. The Kier molecular flexibility index (Phi) is 6.29. The van der Waals surface area contributed by atoms with E-state index in [4.69, 9.17) is 4.74 Å². The zero-order chi connectivity index (χ0) is 20.8. The maximum atomic E-state index is 13.1. The predicted octanol–water partition coefficient (Wildman–Crippen LogP) is 3.28. The van der Waals surface area contributed by atoms with Gasteiger partial charge in [-0.3, -0.25) is 14.7 Å². The van der Waals surface area contributed by atoms with Crippen molar-refractivity contribution in [2.45, 2.75) is 26.7 Å². The van der Waals surface area contributed by atoms with E-state index in [1.807, 2.05) is 13.0 Å². The number of amides is 1. The molecule has 2 aromatic carbocycles. The second-order valence-corrected chi connectivity index (χ2v) is 6.56. The minimum atomic E-state index is -0.326. The van der Waals surface area contributed by atoms with Crippen LogP contribution in [0.3, 0.4) is 0 Å². The van der Waals surface area contributed by atoms with Crippen LogP contribution in [0.2, 0.25) is 0 Å². The Morgan fingerprint density at radius 2 is 1.83 bits per heavy atom. The van der Waals surface area contributed by atoms with Gasteiger partial charge in [0.25, 0.3) is 11.5 Å². The Hall–Kier alpha value is -3.61. The number of aromatic amines is 1. The molecule has 1 aromatic heterocycles. The summed E-state index contributed by atoms with van der Waals surface area (Å²) in [7, 11) is 1.59. The second kappa shape index (κ2) is 9.05. The number of hydrazone groups is 1. The number of methoxy groups -OCH3 is 1. The number of H-pyrrole nitrogens is 1. The smallest absolute Gasteiger partial charge is 0.280 e. The summed E-state index contributed by atoms with van der Waals surface area (Å²) in [4.78, 5) is 25.3. The molecule has 0 aliphatic heterocycles. The van der Waals surface area contributed by atoms with Crippen molar-refractivity contribution in [1.29, 1.82) is 0 Å². The fraction of sp³-hybridized carbons (Fsp3) is 0.227. The van der Waals surface area contributed by atoms with E-state index in [0.717, 1.165) is 12.1 Å². The molecule has 0 spiro atoms. The van der Waals surface area contributed by atoms with Crippen LogP contribution in [0.25, 0.3) is 5.69 Å². The van der Waals surface area contributed by atoms with E-state index in [-0.39, 0.29) is 11.5 Å². The van der Waals surface area contributed by atoms with Crippen LogP contribution in [-0.2, 0) is 6.42 Å². The number of ether oxygens (including phenoxy) is 1. The van der Waals surface area contributed by atoms with E-state index in [0.29, 0.717) is 34.7 Å². The summed E-state index contributed by atoms with van der Waals surface area (Å²) in [5.74, 6) is 0.386. The third-order valence-electron chi connectivity index (χ3n) is 4.52. The molecule has 2 N–H and O–H groups in total. The molecule has 7 nitrogen and oxygen atoms in total. The molecule has 0 atom stereocenters. The summed E-state index contributed by atoms with van der Waals surface area (Å²) in [6.45, 7) is 3.75. The van der Waals surface area contributed by atoms with Gasteiger partial charge >= 0.3 is 0 Å². The molecular weight excluding hydrogens is 368 g/mol. The molecule has 29 heavy (non-hydrogen) atoms. The van der Waals surface area contributed by atoms with Crippen LogP contribution in [0.5, 0.6) is 5.75 Å². The second-order valence-electron chi connectivity index (χ2n) is 6.56. The fourth-order valence-electron chi connectivity index (χ4n) is 3.04. The number of nitrogens with one attached hydrogen (secondary N) is 2. The van der Waals surface area contributed by atoms with Gasteiger partial charge in [-0.15, -0.1) is 0 Å². The Bertz CT molecular complexity index is 1060. The van der Waals surface area contributed by atoms with Crippen LogP contribution in [0, 0.1) is 0 Å². The third-order valence-corrected chi connectivity index (χ3v) is 4.52. The Balaban J connectivity index is 1.93. The van der Waals surface area contributed by atoms with E-state index < -0.39 is 0 Å². The van der Waals surface area contributed by atoms with Crippen molar-refractivity contribution in [2.75, 3.05) is 7.11 Å². The number of aromatic nitrogens is 2. The van der Waals surface area contributed by atoms with Gasteiger partial charge in [-0.25, -0.2) is 10.1 Å². The van der Waals surface area contributed by atoms with Gasteiger partial charge in [0.1, 0.15) is 5.75 Å². The largest absolute Gasteiger partial charge is 0.497 e.